The van der Waals surface area contributed by atoms with Gasteiger partial charge in [0.05, 0.1) is 37.9 Å². The molecule has 0 heterocycles. The zero-order valence-corrected chi connectivity index (χ0v) is 30.5. The van der Waals surface area contributed by atoms with Crippen molar-refractivity contribution in [2.75, 3.05) is 19.8 Å². The van der Waals surface area contributed by atoms with Crippen LogP contribution in [0.2, 0.25) is 0 Å². The number of nitrogens with two attached hydrogens (primary N) is 1. The Kier molecular flexibility index (Phi) is 31.8. The molecule has 0 aromatic carbocycles. The lowest BCUT2D eigenvalue weighted by Crippen LogP contribution is -2.46. The van der Waals surface area contributed by atoms with Gasteiger partial charge in [0.1, 0.15) is 0 Å². The molecule has 0 aromatic heterocycles. The van der Waals surface area contributed by atoms with Gasteiger partial charge in [-0.05, 0) is 64.7 Å². The van der Waals surface area contributed by atoms with Crippen molar-refractivity contribution in [3.05, 3.63) is 48.6 Å². The molecule has 0 saturated carbocycles. The molecular formula is C37H69N2O7P. The van der Waals surface area contributed by atoms with Crippen LogP contribution in [0.25, 0.3) is 0 Å². The zero-order chi connectivity index (χ0) is 34.9. The van der Waals surface area contributed by atoms with E-state index in [9.17, 15) is 24.5 Å². The number of aliphatic hydroxyl groups is 2. The molecule has 0 fully saturated rings. The summed E-state index contributed by atoms with van der Waals surface area (Å²) < 4.78 is 21.9. The van der Waals surface area contributed by atoms with Crippen LogP contribution in [0.1, 0.15) is 142 Å². The molecule has 0 bridgehead atoms. The van der Waals surface area contributed by atoms with Gasteiger partial charge in [-0.3, -0.25) is 13.8 Å². The summed E-state index contributed by atoms with van der Waals surface area (Å²) in [6.45, 7) is 3.66. The quantitative estimate of drug-likeness (QED) is 0.0263. The number of phosphoric ester groups is 1. The molecule has 0 saturated heterocycles. The summed E-state index contributed by atoms with van der Waals surface area (Å²) in [6.07, 6.45) is 35.1. The Labute approximate surface area is 286 Å². The maximum absolute atomic E-state index is 12.7. The molecule has 0 radical (unpaired) electrons. The second kappa shape index (κ2) is 32.9. The summed E-state index contributed by atoms with van der Waals surface area (Å²) in [5.41, 5.74) is 5.32. The lowest BCUT2D eigenvalue weighted by molar-refractivity contribution is -0.124. The Morgan fingerprint density at radius 1 is 0.766 bits per heavy atom. The van der Waals surface area contributed by atoms with Crippen LogP contribution in [-0.2, 0) is 18.4 Å². The third-order valence-electron chi connectivity index (χ3n) is 7.75. The summed E-state index contributed by atoms with van der Waals surface area (Å²) in [7, 11) is -4.40. The third-order valence-corrected chi connectivity index (χ3v) is 8.74. The molecule has 47 heavy (non-hydrogen) atoms. The van der Waals surface area contributed by atoms with Crippen LogP contribution in [0.5, 0.6) is 0 Å². The zero-order valence-electron chi connectivity index (χ0n) is 29.6. The van der Waals surface area contributed by atoms with Gasteiger partial charge in [0.25, 0.3) is 0 Å². The first-order valence-electron chi connectivity index (χ1n) is 18.3. The van der Waals surface area contributed by atoms with E-state index in [-0.39, 0.29) is 19.6 Å². The van der Waals surface area contributed by atoms with Gasteiger partial charge in [-0.25, -0.2) is 4.57 Å². The number of phosphoric acid groups is 1. The monoisotopic (exact) mass is 684 g/mol. The normalized spacial score (nSPS) is 15.6. The third kappa shape index (κ3) is 31.4. The van der Waals surface area contributed by atoms with Crippen LogP contribution in [0.3, 0.4) is 0 Å². The molecule has 0 aromatic rings. The van der Waals surface area contributed by atoms with Crippen LogP contribution < -0.4 is 11.1 Å². The van der Waals surface area contributed by atoms with Crippen molar-refractivity contribution in [1.82, 2.24) is 5.32 Å². The van der Waals surface area contributed by atoms with Gasteiger partial charge in [0.15, 0.2) is 0 Å². The van der Waals surface area contributed by atoms with E-state index in [1.54, 1.807) is 6.08 Å². The molecule has 6 N–H and O–H groups in total. The van der Waals surface area contributed by atoms with Crippen LogP contribution in [0.15, 0.2) is 48.6 Å². The number of unbranched alkanes of at least 4 members (excludes halogenated alkanes) is 14. The number of amides is 1. The highest BCUT2D eigenvalue weighted by Crippen LogP contribution is 2.43. The van der Waals surface area contributed by atoms with Gasteiger partial charge in [0.2, 0.25) is 5.91 Å². The van der Waals surface area contributed by atoms with Gasteiger partial charge in [-0.1, -0.05) is 120 Å². The molecule has 0 spiro atoms. The Bertz CT molecular complexity index is 894. The fourth-order valence-electron chi connectivity index (χ4n) is 4.97. The van der Waals surface area contributed by atoms with Crippen molar-refractivity contribution >= 4 is 13.7 Å². The molecule has 274 valence electrons. The van der Waals surface area contributed by atoms with Crippen molar-refractivity contribution in [2.45, 2.75) is 161 Å². The maximum Gasteiger partial charge on any atom is 0.472 e. The van der Waals surface area contributed by atoms with E-state index in [0.29, 0.717) is 12.8 Å². The number of allylic oxidation sites excluding steroid dienone is 7. The van der Waals surface area contributed by atoms with E-state index >= 15 is 0 Å². The summed E-state index contributed by atoms with van der Waals surface area (Å²) in [5, 5.41) is 23.8. The molecule has 4 atom stereocenters. The molecule has 0 aliphatic carbocycles. The van der Waals surface area contributed by atoms with E-state index in [4.69, 9.17) is 14.8 Å². The van der Waals surface area contributed by atoms with Crippen molar-refractivity contribution in [3.8, 4) is 0 Å². The highest BCUT2D eigenvalue weighted by atomic mass is 31.2. The highest BCUT2D eigenvalue weighted by Gasteiger charge is 2.27. The Balaban J connectivity index is 4.42. The van der Waals surface area contributed by atoms with Gasteiger partial charge in [-0.2, -0.15) is 0 Å². The van der Waals surface area contributed by atoms with Crippen molar-refractivity contribution in [1.29, 1.82) is 0 Å². The predicted octanol–water partition coefficient (Wildman–Crippen LogP) is 8.35. The molecule has 0 rings (SSSR count). The minimum absolute atomic E-state index is 0.0389. The first-order valence-corrected chi connectivity index (χ1v) is 19.8. The van der Waals surface area contributed by atoms with Crippen LogP contribution in [-0.4, -0.2) is 59.0 Å². The highest BCUT2D eigenvalue weighted by molar-refractivity contribution is 7.47. The Hall–Kier alpha value is -1.58. The summed E-state index contributed by atoms with van der Waals surface area (Å²) in [4.78, 5) is 22.6. The molecule has 1 amide bonds. The second-order valence-electron chi connectivity index (χ2n) is 12.3. The smallest absolute Gasteiger partial charge is 0.393 e. The van der Waals surface area contributed by atoms with Crippen LogP contribution in [0.4, 0.5) is 0 Å². The van der Waals surface area contributed by atoms with E-state index in [1.807, 2.05) is 13.0 Å². The van der Waals surface area contributed by atoms with E-state index in [2.05, 4.69) is 42.6 Å². The summed E-state index contributed by atoms with van der Waals surface area (Å²) in [6, 6.07) is -1.01. The lowest BCUT2D eigenvalue weighted by atomic mass is 10.0. The molecule has 10 heteroatoms. The Morgan fingerprint density at radius 3 is 1.89 bits per heavy atom. The van der Waals surface area contributed by atoms with E-state index in [1.165, 1.54) is 63.9 Å². The van der Waals surface area contributed by atoms with E-state index < -0.39 is 38.6 Å². The number of hydrogen-bond acceptors (Lipinski definition) is 7. The number of carbonyl (C=O) groups excluding carboxylic acids is 1. The molecular weight excluding hydrogens is 615 g/mol. The fourth-order valence-corrected chi connectivity index (χ4v) is 5.73. The predicted molar refractivity (Wildman–Crippen MR) is 195 cm³/mol. The SMILES string of the molecule is C/C=C/CC/C=C/CC/C=C/C(O)C(COP(=O)(O)OCCN)NC(=O)CC(O)CCCCC/C=C\CCCCCCCCCCC. The van der Waals surface area contributed by atoms with Crippen molar-refractivity contribution in [3.63, 3.8) is 0 Å². The van der Waals surface area contributed by atoms with Crippen molar-refractivity contribution in [2.24, 2.45) is 5.73 Å². The lowest BCUT2D eigenvalue weighted by Gasteiger charge is -2.24. The number of carbonyl (C=O) groups is 1. The number of rotatable bonds is 33. The average Bonchev–Trinajstić information content (AvgIpc) is 3.04. The number of aliphatic hydroxyl groups excluding tert-OH is 2. The largest absolute Gasteiger partial charge is 0.472 e. The maximum atomic E-state index is 12.7. The van der Waals surface area contributed by atoms with Crippen LogP contribution >= 0.6 is 7.82 Å². The van der Waals surface area contributed by atoms with Gasteiger partial charge in [-0.15, -0.1) is 0 Å². The van der Waals surface area contributed by atoms with Crippen molar-refractivity contribution < 1.29 is 33.5 Å². The van der Waals surface area contributed by atoms with Crippen LogP contribution in [0, 0.1) is 0 Å². The Morgan fingerprint density at radius 2 is 1.30 bits per heavy atom. The first-order chi connectivity index (χ1) is 22.8. The molecule has 9 nitrogen and oxygen atoms in total. The minimum atomic E-state index is -4.40. The molecule has 4 unspecified atom stereocenters. The average molecular weight is 685 g/mol. The molecule has 0 aliphatic heterocycles. The number of nitrogens with one attached hydrogen (secondary N) is 1. The van der Waals surface area contributed by atoms with Gasteiger partial charge < -0.3 is 26.2 Å². The van der Waals surface area contributed by atoms with Gasteiger partial charge >= 0.3 is 7.82 Å². The summed E-state index contributed by atoms with van der Waals surface area (Å²) in [5.74, 6) is -0.474. The summed E-state index contributed by atoms with van der Waals surface area (Å²) >= 11 is 0. The minimum Gasteiger partial charge on any atom is -0.393 e. The first kappa shape index (κ1) is 45.4. The second-order valence-corrected chi connectivity index (χ2v) is 13.7. The standard InChI is InChI=1S/C37H69N2O7P/c1-3-5-7-9-11-13-14-15-16-17-18-19-21-22-24-26-28-34(40)32-37(42)39-35(33-46-47(43,44)45-31-30-38)36(41)29-27-25-23-20-12-10-8-6-4-2/h4,6,12,18-20,27,29,34-36,40-41H,3,5,7-11,13-17,21-26,28,30-33,38H2,1-2H3,(H,39,42)(H,43,44)/b6-4+,19-18-,20-12+,29-27+. The molecule has 0 aliphatic rings. The van der Waals surface area contributed by atoms with Gasteiger partial charge in [0, 0.05) is 6.54 Å². The van der Waals surface area contributed by atoms with E-state index in [0.717, 1.165) is 51.4 Å². The number of hydrogen-bond donors (Lipinski definition) is 5. The topological polar surface area (TPSA) is 151 Å². The fraction of sp³-hybridized carbons (Fsp3) is 0.757.